The van der Waals surface area contributed by atoms with E-state index in [0.29, 0.717) is 10.6 Å². The summed E-state index contributed by atoms with van der Waals surface area (Å²) in [5, 5.41) is 12.7. The number of aliphatic hydroxyl groups is 1. The number of β-lactam (4-membered cyclic amide) rings is 1. The molecule has 0 radical (unpaired) electrons. The van der Waals surface area contributed by atoms with E-state index in [4.69, 9.17) is 23.0 Å². The van der Waals surface area contributed by atoms with Gasteiger partial charge in [-0.15, -0.1) is 11.8 Å². The van der Waals surface area contributed by atoms with Gasteiger partial charge >= 0.3 is 23.9 Å². The summed E-state index contributed by atoms with van der Waals surface area (Å²) < 4.78 is 25.9. The van der Waals surface area contributed by atoms with Crippen molar-refractivity contribution >= 4 is 47.3 Å². The maximum Gasteiger partial charge on any atom is 0.519 e. The van der Waals surface area contributed by atoms with Crippen LogP contribution in [0.25, 0.3) is 0 Å². The first-order chi connectivity index (χ1) is 22.9. The first-order valence-electron chi connectivity index (χ1n) is 15.3. The molecule has 16 heteroatoms. The second-order valence-electron chi connectivity index (χ2n) is 11.8. The summed E-state index contributed by atoms with van der Waals surface area (Å²) in [6, 6.07) is 4.61. The number of likely N-dealkylation sites (tertiary alicyclic amines) is 1. The number of anilines is 1. The van der Waals surface area contributed by atoms with Gasteiger partial charge in [-0.1, -0.05) is 13.0 Å². The van der Waals surface area contributed by atoms with Crippen LogP contribution < -0.4 is 11.1 Å². The van der Waals surface area contributed by atoms with Gasteiger partial charge in [-0.05, 0) is 50.6 Å². The lowest BCUT2D eigenvalue weighted by Gasteiger charge is -2.46. The van der Waals surface area contributed by atoms with Crippen LogP contribution in [0.2, 0.25) is 0 Å². The quantitative estimate of drug-likeness (QED) is 0.207. The van der Waals surface area contributed by atoms with Crippen molar-refractivity contribution < 1.29 is 52.1 Å². The maximum atomic E-state index is 13.7. The minimum absolute atomic E-state index is 0.0149. The van der Waals surface area contributed by atoms with Crippen molar-refractivity contribution in [2.45, 2.75) is 57.2 Å². The Hall–Kier alpha value is -4.83. The summed E-state index contributed by atoms with van der Waals surface area (Å²) in [5.41, 5.74) is 0.529. The van der Waals surface area contributed by atoms with Gasteiger partial charge < -0.3 is 38.4 Å². The van der Waals surface area contributed by atoms with Crippen LogP contribution in [0, 0.1) is 18.8 Å². The van der Waals surface area contributed by atoms with E-state index < -0.39 is 71.6 Å². The van der Waals surface area contributed by atoms with Gasteiger partial charge in [0.25, 0.3) is 0 Å². The summed E-state index contributed by atoms with van der Waals surface area (Å²) >= 11 is 1.26. The Morgan fingerprint density at radius 2 is 1.83 bits per heavy atom. The molecule has 5 heterocycles. The van der Waals surface area contributed by atoms with E-state index in [1.165, 1.54) is 59.7 Å². The molecule has 6 rings (SSSR count). The zero-order valence-corrected chi connectivity index (χ0v) is 27.0. The Morgan fingerprint density at radius 3 is 2.52 bits per heavy atom. The number of aryl methyl sites for hydroxylation is 1. The molecule has 0 aliphatic carbocycles. The molecule has 2 saturated heterocycles. The average Bonchev–Trinajstić information content (AvgIpc) is 3.68. The molecule has 254 valence electrons. The second-order valence-corrected chi connectivity index (χ2v) is 13.2. The van der Waals surface area contributed by atoms with E-state index in [-0.39, 0.29) is 54.9 Å². The largest absolute Gasteiger partial charge is 0.519 e. The summed E-state index contributed by atoms with van der Waals surface area (Å²) in [4.78, 5) is 81.0. The summed E-state index contributed by atoms with van der Waals surface area (Å²) in [6.45, 7) is 4.18. The van der Waals surface area contributed by atoms with Crippen molar-refractivity contribution in [2.75, 3.05) is 25.1 Å². The van der Waals surface area contributed by atoms with Crippen LogP contribution in [-0.4, -0.2) is 87.9 Å². The molecular formula is C32H33N3O12S. The highest BCUT2D eigenvalue weighted by Crippen LogP contribution is 2.52. The van der Waals surface area contributed by atoms with Crippen molar-refractivity contribution in [3.8, 4) is 0 Å². The number of thioether (sulfide) groups is 1. The van der Waals surface area contributed by atoms with Crippen LogP contribution >= 0.6 is 11.8 Å². The molecule has 0 spiro atoms. The van der Waals surface area contributed by atoms with Crippen LogP contribution in [-0.2, 0) is 35.2 Å². The fourth-order valence-electron chi connectivity index (χ4n) is 6.38. The van der Waals surface area contributed by atoms with Crippen LogP contribution in [0.4, 0.5) is 10.5 Å². The lowest BCUT2D eigenvalue weighted by molar-refractivity contribution is -0.164. The van der Waals surface area contributed by atoms with E-state index >= 15 is 0 Å². The fraction of sp³-hybridized carbons (Fsp3) is 0.438. The molecule has 0 unspecified atom stereocenters. The monoisotopic (exact) mass is 683 g/mol. The summed E-state index contributed by atoms with van der Waals surface area (Å²) in [5.74, 6) is -4.23. The number of rotatable bonds is 3. The Balaban J connectivity index is 1.32. The van der Waals surface area contributed by atoms with Gasteiger partial charge in [-0.3, -0.25) is 14.5 Å². The minimum Gasteiger partial charge on any atom is -0.458 e. The molecule has 2 fully saturated rings. The van der Waals surface area contributed by atoms with Crippen molar-refractivity contribution in [1.82, 2.24) is 9.80 Å². The molecule has 3 amide bonds. The predicted octanol–water partition coefficient (Wildman–Crippen LogP) is 2.33. The van der Waals surface area contributed by atoms with E-state index in [0.717, 1.165) is 0 Å². The molecule has 1 aromatic carbocycles. The fourth-order valence-corrected chi connectivity index (χ4v) is 7.90. The zero-order valence-electron chi connectivity index (χ0n) is 26.2. The standard InChI is InChI=1S/C32H33N3O12S/c1-15-24-23(16(2)36)28(38)35(24)25-26(15)48-20-12-21(34(13-20)31(41)45-14-22-17(3)46-32(42)47-22)27(37)33-19-8-6-7-18(11-19)29(39)43-9-4-5-10-44-30(25)40/h4-8,11,15-16,20-21,23-24,36H,9-10,12-14H2,1-3H3,(H,33,37)/b5-4+/t15-,16-,20+,21+,23-,24-/m1/s1. The first-order valence-corrected chi connectivity index (χ1v) is 16.2. The molecule has 4 aliphatic heterocycles. The molecule has 6 atom stereocenters. The van der Waals surface area contributed by atoms with Crippen LogP contribution in [0.1, 0.15) is 42.1 Å². The minimum atomic E-state index is -1.05. The number of carbonyl (C=O) groups excluding carboxylic acids is 5. The van der Waals surface area contributed by atoms with Gasteiger partial charge in [-0.25, -0.2) is 19.2 Å². The Morgan fingerprint density at radius 1 is 1.10 bits per heavy atom. The Labute approximate surface area is 277 Å². The van der Waals surface area contributed by atoms with E-state index in [9.17, 15) is 33.9 Å². The molecule has 4 aliphatic rings. The van der Waals surface area contributed by atoms with Crippen molar-refractivity contribution in [1.29, 1.82) is 0 Å². The van der Waals surface area contributed by atoms with E-state index in [1.54, 1.807) is 12.1 Å². The number of amides is 3. The van der Waals surface area contributed by atoms with E-state index in [1.807, 2.05) is 6.92 Å². The normalized spacial score (nSPS) is 27.4. The third-order valence-electron chi connectivity index (χ3n) is 8.71. The number of hydrogen-bond acceptors (Lipinski definition) is 13. The van der Waals surface area contributed by atoms with Gasteiger partial charge in [0.2, 0.25) is 11.8 Å². The van der Waals surface area contributed by atoms with Crippen LogP contribution in [0.3, 0.4) is 0 Å². The molecular weight excluding hydrogens is 650 g/mol. The van der Waals surface area contributed by atoms with Gasteiger partial charge in [0.1, 0.15) is 25.0 Å². The van der Waals surface area contributed by atoms with Crippen molar-refractivity contribution in [3.05, 3.63) is 74.7 Å². The van der Waals surface area contributed by atoms with Gasteiger partial charge in [-0.2, -0.15) is 0 Å². The zero-order chi connectivity index (χ0) is 34.3. The Bertz CT molecular complexity index is 1780. The number of nitrogens with one attached hydrogen (secondary N) is 1. The van der Waals surface area contributed by atoms with Crippen molar-refractivity contribution in [2.24, 2.45) is 11.8 Å². The topological polar surface area (TPSA) is 195 Å². The highest BCUT2D eigenvalue weighted by Gasteiger charge is 2.60. The molecule has 2 aromatic rings. The SMILES string of the molecule is Cc1oc(=O)oc1COC(=O)N1C[C@@H]2C[C@H]1C(=O)Nc1cccc(c1)C(=O)OC/C=C/COC(=O)C1=C(S2)[C@H](C)[C@@H]2[C@@H]([C@@H](C)O)C(=O)N12. The second kappa shape index (κ2) is 13.4. The first kappa shape index (κ1) is 33.1. The number of ether oxygens (including phenoxy) is 3. The molecule has 48 heavy (non-hydrogen) atoms. The van der Waals surface area contributed by atoms with Gasteiger partial charge in [0, 0.05) is 28.3 Å². The summed E-state index contributed by atoms with van der Waals surface area (Å²) in [6.07, 6.45) is 1.35. The predicted molar refractivity (Wildman–Crippen MR) is 166 cm³/mol. The number of esters is 2. The van der Waals surface area contributed by atoms with Crippen LogP contribution in [0.15, 0.2) is 60.6 Å². The van der Waals surface area contributed by atoms with Gasteiger partial charge in [0.15, 0.2) is 18.1 Å². The average molecular weight is 684 g/mol. The number of benzene rings is 1. The number of nitrogens with zero attached hydrogens (tertiary/aromatic N) is 2. The van der Waals surface area contributed by atoms with E-state index in [2.05, 4.69) is 5.32 Å². The molecule has 1 aromatic heterocycles. The highest BCUT2D eigenvalue weighted by molar-refractivity contribution is 8.03. The third-order valence-corrected chi connectivity index (χ3v) is 10.2. The number of cyclic esters (lactones) is 2. The van der Waals surface area contributed by atoms with Crippen molar-refractivity contribution in [3.63, 3.8) is 0 Å². The van der Waals surface area contributed by atoms with Gasteiger partial charge in [0.05, 0.1) is 23.6 Å². The smallest absolute Gasteiger partial charge is 0.458 e. The molecule has 0 saturated carbocycles. The summed E-state index contributed by atoms with van der Waals surface area (Å²) in [7, 11) is 0. The highest BCUT2D eigenvalue weighted by atomic mass is 32.2. The Kier molecular flexibility index (Phi) is 9.20. The molecule has 15 nitrogen and oxygen atoms in total. The molecule has 4 bridgehead atoms. The maximum absolute atomic E-state index is 13.7. The number of hydrogen-bond donors (Lipinski definition) is 2. The third kappa shape index (κ3) is 6.24. The molecule has 2 N–H and O–H groups in total. The van der Waals surface area contributed by atoms with Crippen LogP contribution in [0.5, 0.6) is 0 Å². The lowest BCUT2D eigenvalue weighted by atomic mass is 9.79. The number of fused-ring (bicyclic) bond motifs is 6. The number of carbonyl (C=O) groups is 5. The number of aliphatic hydroxyl groups excluding tert-OH is 1. The lowest BCUT2D eigenvalue weighted by Crippen LogP contribution is -2.63.